The van der Waals surface area contributed by atoms with Crippen molar-refractivity contribution < 1.29 is 9.21 Å². The van der Waals surface area contributed by atoms with Crippen molar-refractivity contribution in [2.45, 2.75) is 6.42 Å². The largest absolute Gasteiger partial charge is 0.468 e. The lowest BCUT2D eigenvalue weighted by Crippen LogP contribution is -2.02. The second-order valence-electron chi connectivity index (χ2n) is 2.28. The molecule has 0 spiro atoms. The van der Waals surface area contributed by atoms with Crippen LogP contribution in [0.3, 0.4) is 0 Å². The zero-order chi connectivity index (χ0) is 6.97. The second-order valence-corrected chi connectivity index (χ2v) is 2.28. The van der Waals surface area contributed by atoms with E-state index in [0.717, 1.165) is 11.3 Å². The van der Waals surface area contributed by atoms with Crippen LogP contribution in [0.4, 0.5) is 0 Å². The standard InChI is InChI=1S/C8H6O2/c9-7-2-1-6-3-4-10-8(6)5-7/h1-4H,5H2. The normalized spacial score (nSPS) is 15.4. The molecule has 1 aliphatic carbocycles. The van der Waals surface area contributed by atoms with E-state index in [1.165, 1.54) is 0 Å². The van der Waals surface area contributed by atoms with E-state index in [4.69, 9.17) is 4.42 Å². The minimum absolute atomic E-state index is 0.113. The molecule has 0 atom stereocenters. The highest BCUT2D eigenvalue weighted by molar-refractivity contribution is 5.97. The molecule has 0 unspecified atom stereocenters. The van der Waals surface area contributed by atoms with Gasteiger partial charge in [0.1, 0.15) is 5.76 Å². The Morgan fingerprint density at radius 3 is 3.20 bits per heavy atom. The summed E-state index contributed by atoms with van der Waals surface area (Å²) in [5.41, 5.74) is 1.03. The number of ketones is 1. The molecule has 0 aromatic carbocycles. The summed E-state index contributed by atoms with van der Waals surface area (Å²) in [6, 6.07) is 1.86. The molecule has 1 aromatic heterocycles. The SMILES string of the molecule is O=C1C=Cc2ccoc2C1. The van der Waals surface area contributed by atoms with Gasteiger partial charge in [-0.2, -0.15) is 0 Å². The number of hydrogen-bond acceptors (Lipinski definition) is 2. The Labute approximate surface area is 58.2 Å². The van der Waals surface area contributed by atoms with Gasteiger partial charge in [-0.25, -0.2) is 0 Å². The Kier molecular flexibility index (Phi) is 1.01. The van der Waals surface area contributed by atoms with Crippen LogP contribution < -0.4 is 0 Å². The monoisotopic (exact) mass is 134 g/mol. The minimum Gasteiger partial charge on any atom is -0.468 e. The summed E-state index contributed by atoms with van der Waals surface area (Å²) < 4.78 is 5.05. The van der Waals surface area contributed by atoms with Gasteiger partial charge < -0.3 is 4.42 Å². The maximum Gasteiger partial charge on any atom is 0.163 e. The van der Waals surface area contributed by atoms with E-state index in [1.54, 1.807) is 18.4 Å². The van der Waals surface area contributed by atoms with E-state index < -0.39 is 0 Å². The molecule has 0 aliphatic heterocycles. The van der Waals surface area contributed by atoms with Gasteiger partial charge in [0.15, 0.2) is 5.78 Å². The number of carbonyl (C=O) groups excluding carboxylic acids is 1. The van der Waals surface area contributed by atoms with Gasteiger partial charge in [0.2, 0.25) is 0 Å². The van der Waals surface area contributed by atoms with E-state index in [0.29, 0.717) is 6.42 Å². The van der Waals surface area contributed by atoms with E-state index in [2.05, 4.69) is 0 Å². The molecule has 2 nitrogen and oxygen atoms in total. The molecule has 1 aromatic rings. The molecule has 2 rings (SSSR count). The lowest BCUT2D eigenvalue weighted by atomic mass is 10.1. The summed E-state index contributed by atoms with van der Waals surface area (Å²) in [7, 11) is 0. The molecule has 1 heterocycles. The van der Waals surface area contributed by atoms with Crippen molar-refractivity contribution in [2.24, 2.45) is 0 Å². The molecule has 10 heavy (non-hydrogen) atoms. The Bertz CT molecular complexity index is 294. The number of fused-ring (bicyclic) bond motifs is 1. The summed E-state index contributed by atoms with van der Waals surface area (Å²) in [5.74, 6) is 0.898. The molecule has 0 amide bonds. The maximum absolute atomic E-state index is 10.8. The minimum atomic E-state index is 0.113. The van der Waals surface area contributed by atoms with Crippen LogP contribution in [0.2, 0.25) is 0 Å². The van der Waals surface area contributed by atoms with Gasteiger partial charge in [0, 0.05) is 5.56 Å². The highest BCUT2D eigenvalue weighted by Crippen LogP contribution is 2.17. The van der Waals surface area contributed by atoms with E-state index in [-0.39, 0.29) is 5.78 Å². The topological polar surface area (TPSA) is 30.2 Å². The Balaban J connectivity index is 2.52. The molecule has 0 saturated heterocycles. The van der Waals surface area contributed by atoms with E-state index in [9.17, 15) is 4.79 Å². The summed E-state index contributed by atoms with van der Waals surface area (Å²) in [6.07, 6.45) is 5.38. The van der Waals surface area contributed by atoms with Crippen molar-refractivity contribution >= 4 is 11.9 Å². The van der Waals surface area contributed by atoms with Crippen LogP contribution in [0.5, 0.6) is 0 Å². The van der Waals surface area contributed by atoms with Crippen molar-refractivity contribution in [3.63, 3.8) is 0 Å². The molecular weight excluding hydrogens is 128 g/mol. The quantitative estimate of drug-likeness (QED) is 0.537. The third-order valence-electron chi connectivity index (χ3n) is 1.56. The third kappa shape index (κ3) is 0.692. The number of furan rings is 1. The fourth-order valence-electron chi connectivity index (χ4n) is 1.04. The van der Waals surface area contributed by atoms with Crippen molar-refractivity contribution in [1.29, 1.82) is 0 Å². The predicted octanol–water partition coefficient (Wildman–Crippen LogP) is 1.42. The smallest absolute Gasteiger partial charge is 0.163 e. The van der Waals surface area contributed by atoms with E-state index in [1.807, 2.05) is 6.07 Å². The van der Waals surface area contributed by atoms with Crippen LogP contribution in [0.1, 0.15) is 11.3 Å². The average Bonchev–Trinajstić information content (AvgIpc) is 2.33. The van der Waals surface area contributed by atoms with Gasteiger partial charge in [0.05, 0.1) is 12.7 Å². The average molecular weight is 134 g/mol. The van der Waals surface area contributed by atoms with Crippen LogP contribution in [-0.4, -0.2) is 5.78 Å². The number of rotatable bonds is 0. The first-order valence-corrected chi connectivity index (χ1v) is 3.13. The summed E-state index contributed by atoms with van der Waals surface area (Å²) in [6.45, 7) is 0. The number of allylic oxidation sites excluding steroid dienone is 1. The fraction of sp³-hybridized carbons (Fsp3) is 0.125. The highest BCUT2D eigenvalue weighted by Gasteiger charge is 2.11. The molecule has 0 saturated carbocycles. The van der Waals surface area contributed by atoms with Crippen LogP contribution in [-0.2, 0) is 11.2 Å². The van der Waals surface area contributed by atoms with Crippen LogP contribution in [0.25, 0.3) is 6.08 Å². The molecule has 0 radical (unpaired) electrons. The molecule has 0 fully saturated rings. The molecule has 1 aliphatic rings. The van der Waals surface area contributed by atoms with Crippen molar-refractivity contribution in [2.75, 3.05) is 0 Å². The van der Waals surface area contributed by atoms with Gasteiger partial charge in [-0.3, -0.25) is 4.79 Å². The van der Waals surface area contributed by atoms with Gasteiger partial charge in [-0.05, 0) is 18.2 Å². The third-order valence-corrected chi connectivity index (χ3v) is 1.56. The van der Waals surface area contributed by atoms with Crippen molar-refractivity contribution in [3.8, 4) is 0 Å². The number of hydrogen-bond donors (Lipinski definition) is 0. The van der Waals surface area contributed by atoms with Crippen LogP contribution in [0, 0.1) is 0 Å². The molecular formula is C8H6O2. The summed E-state index contributed by atoms with van der Waals surface area (Å²) >= 11 is 0. The van der Waals surface area contributed by atoms with Crippen LogP contribution >= 0.6 is 0 Å². The van der Waals surface area contributed by atoms with Crippen LogP contribution in [0.15, 0.2) is 22.8 Å². The van der Waals surface area contributed by atoms with Crippen molar-refractivity contribution in [3.05, 3.63) is 29.7 Å². The lowest BCUT2D eigenvalue weighted by Gasteiger charge is -1.99. The first-order chi connectivity index (χ1) is 4.86. The van der Waals surface area contributed by atoms with Crippen molar-refractivity contribution in [1.82, 2.24) is 0 Å². The Morgan fingerprint density at radius 1 is 1.40 bits per heavy atom. The molecule has 0 bridgehead atoms. The lowest BCUT2D eigenvalue weighted by molar-refractivity contribution is -0.114. The zero-order valence-corrected chi connectivity index (χ0v) is 5.33. The second kappa shape index (κ2) is 1.84. The first-order valence-electron chi connectivity index (χ1n) is 3.13. The predicted molar refractivity (Wildman–Crippen MR) is 36.5 cm³/mol. The maximum atomic E-state index is 10.8. The Hall–Kier alpha value is -1.31. The fourth-order valence-corrected chi connectivity index (χ4v) is 1.04. The van der Waals surface area contributed by atoms with Gasteiger partial charge in [-0.15, -0.1) is 0 Å². The molecule has 0 N–H and O–H groups in total. The summed E-state index contributed by atoms with van der Waals surface area (Å²) in [5, 5.41) is 0. The molecule has 50 valence electrons. The zero-order valence-electron chi connectivity index (χ0n) is 5.33. The highest BCUT2D eigenvalue weighted by atomic mass is 16.3. The van der Waals surface area contributed by atoms with E-state index >= 15 is 0 Å². The van der Waals surface area contributed by atoms with Gasteiger partial charge in [-0.1, -0.05) is 0 Å². The van der Waals surface area contributed by atoms with Gasteiger partial charge >= 0.3 is 0 Å². The number of carbonyl (C=O) groups is 1. The van der Waals surface area contributed by atoms with Gasteiger partial charge in [0.25, 0.3) is 0 Å². The summed E-state index contributed by atoms with van der Waals surface area (Å²) in [4.78, 5) is 10.8. The Morgan fingerprint density at radius 2 is 2.30 bits per heavy atom. The first kappa shape index (κ1) is 5.47. The molecule has 2 heteroatoms.